The maximum Gasteiger partial charge on any atom is 0.254 e. The molecule has 0 fully saturated rings. The van der Waals surface area contributed by atoms with E-state index >= 15 is 0 Å². The summed E-state index contributed by atoms with van der Waals surface area (Å²) in [6.07, 6.45) is 4.07. The van der Waals surface area contributed by atoms with Crippen LogP contribution in [-0.2, 0) is 0 Å². The predicted molar refractivity (Wildman–Crippen MR) is 56.6 cm³/mol. The largest absolute Gasteiger partial charge is 0.472 e. The molecule has 84 valence electrons. The lowest BCUT2D eigenvalue weighted by molar-refractivity contribution is 0.0314. The fraction of sp³-hybridized carbons (Fsp3) is 0.545. The zero-order chi connectivity index (χ0) is 11.3. The summed E-state index contributed by atoms with van der Waals surface area (Å²) >= 11 is 0. The van der Waals surface area contributed by atoms with Gasteiger partial charge in [-0.05, 0) is 18.9 Å². The smallest absolute Gasteiger partial charge is 0.254 e. The maximum absolute atomic E-state index is 11.5. The Morgan fingerprint density at radius 2 is 2.20 bits per heavy atom. The van der Waals surface area contributed by atoms with Crippen molar-refractivity contribution in [1.29, 1.82) is 0 Å². The third-order valence-electron chi connectivity index (χ3n) is 2.68. The number of hydrogen-bond acceptors (Lipinski definition) is 3. The second-order valence-electron chi connectivity index (χ2n) is 3.63. The number of furan rings is 1. The second-order valence-corrected chi connectivity index (χ2v) is 3.63. The van der Waals surface area contributed by atoms with Crippen LogP contribution in [0.5, 0.6) is 0 Å². The van der Waals surface area contributed by atoms with Crippen LogP contribution in [-0.4, -0.2) is 23.2 Å². The van der Waals surface area contributed by atoms with Gasteiger partial charge in [-0.25, -0.2) is 0 Å². The van der Waals surface area contributed by atoms with Crippen LogP contribution < -0.4 is 5.32 Å². The summed E-state index contributed by atoms with van der Waals surface area (Å²) in [5.74, 6) is -0.218. The molecule has 1 rings (SSSR count). The zero-order valence-electron chi connectivity index (χ0n) is 9.12. The van der Waals surface area contributed by atoms with Gasteiger partial charge in [0.25, 0.3) is 5.91 Å². The van der Waals surface area contributed by atoms with E-state index in [2.05, 4.69) is 5.32 Å². The van der Waals surface area contributed by atoms with Crippen LogP contribution in [0, 0.1) is 0 Å². The molecular weight excluding hydrogens is 194 g/mol. The Bertz CT molecular complexity index is 302. The van der Waals surface area contributed by atoms with Gasteiger partial charge in [-0.15, -0.1) is 0 Å². The lowest BCUT2D eigenvalue weighted by Crippen LogP contribution is -2.41. The van der Waals surface area contributed by atoms with Gasteiger partial charge in [0, 0.05) is 6.54 Å². The average molecular weight is 211 g/mol. The molecule has 1 aromatic heterocycles. The topological polar surface area (TPSA) is 62.5 Å². The quantitative estimate of drug-likeness (QED) is 0.777. The molecule has 0 saturated heterocycles. The number of hydrogen-bond donors (Lipinski definition) is 2. The van der Waals surface area contributed by atoms with Gasteiger partial charge in [0.15, 0.2) is 0 Å². The van der Waals surface area contributed by atoms with Crippen molar-refractivity contribution in [3.05, 3.63) is 24.2 Å². The minimum absolute atomic E-state index is 0.218. The predicted octanol–water partition coefficient (Wildman–Crippen LogP) is 1.56. The number of aliphatic hydroxyl groups is 1. The monoisotopic (exact) mass is 211 g/mol. The van der Waals surface area contributed by atoms with Gasteiger partial charge >= 0.3 is 0 Å². The van der Waals surface area contributed by atoms with Crippen molar-refractivity contribution >= 4 is 5.91 Å². The fourth-order valence-corrected chi connectivity index (χ4v) is 1.24. The van der Waals surface area contributed by atoms with Gasteiger partial charge in [0.2, 0.25) is 0 Å². The Labute approximate surface area is 89.3 Å². The third-order valence-corrected chi connectivity index (χ3v) is 2.68. The lowest BCUT2D eigenvalue weighted by Gasteiger charge is -2.25. The van der Waals surface area contributed by atoms with Crippen molar-refractivity contribution < 1.29 is 14.3 Å². The first-order chi connectivity index (χ1) is 7.11. The van der Waals surface area contributed by atoms with Crippen molar-refractivity contribution in [2.45, 2.75) is 32.3 Å². The number of carbonyl (C=O) groups excluding carboxylic acids is 1. The molecular formula is C11H17NO3. The van der Waals surface area contributed by atoms with Gasteiger partial charge < -0.3 is 14.8 Å². The van der Waals surface area contributed by atoms with Crippen molar-refractivity contribution in [2.75, 3.05) is 6.54 Å². The molecule has 0 saturated carbocycles. The molecule has 0 aromatic carbocycles. The van der Waals surface area contributed by atoms with Gasteiger partial charge in [0.05, 0.1) is 17.4 Å². The van der Waals surface area contributed by atoms with Crippen molar-refractivity contribution in [2.24, 2.45) is 0 Å². The number of amides is 1. The molecule has 15 heavy (non-hydrogen) atoms. The summed E-state index contributed by atoms with van der Waals surface area (Å²) in [7, 11) is 0. The minimum atomic E-state index is -0.806. The van der Waals surface area contributed by atoms with E-state index in [0.29, 0.717) is 18.4 Å². The molecule has 4 heteroatoms. The normalized spacial score (nSPS) is 11.4. The first-order valence-electron chi connectivity index (χ1n) is 5.14. The standard InChI is InChI=1S/C11H17NO3/c1-3-11(14,4-2)8-12-10(13)9-5-6-15-7-9/h5-7,14H,3-4,8H2,1-2H3,(H,12,13). The Morgan fingerprint density at radius 3 is 2.67 bits per heavy atom. The fourth-order valence-electron chi connectivity index (χ4n) is 1.24. The highest BCUT2D eigenvalue weighted by molar-refractivity contribution is 5.93. The van der Waals surface area contributed by atoms with Gasteiger partial charge in [-0.1, -0.05) is 13.8 Å². The van der Waals surface area contributed by atoms with E-state index in [-0.39, 0.29) is 12.5 Å². The highest BCUT2D eigenvalue weighted by atomic mass is 16.3. The first-order valence-corrected chi connectivity index (χ1v) is 5.14. The van der Waals surface area contributed by atoms with E-state index in [1.165, 1.54) is 12.5 Å². The van der Waals surface area contributed by atoms with Crippen LogP contribution in [0.4, 0.5) is 0 Å². The summed E-state index contributed by atoms with van der Waals surface area (Å²) in [6, 6.07) is 1.59. The van der Waals surface area contributed by atoms with Crippen LogP contribution >= 0.6 is 0 Å². The molecule has 1 aromatic rings. The summed E-state index contributed by atoms with van der Waals surface area (Å²) < 4.78 is 4.80. The highest BCUT2D eigenvalue weighted by Gasteiger charge is 2.23. The van der Waals surface area contributed by atoms with E-state index in [1.807, 2.05) is 13.8 Å². The molecule has 0 unspecified atom stereocenters. The van der Waals surface area contributed by atoms with Crippen molar-refractivity contribution in [3.8, 4) is 0 Å². The Morgan fingerprint density at radius 1 is 1.53 bits per heavy atom. The van der Waals surface area contributed by atoms with Crippen LogP contribution in [0.3, 0.4) is 0 Å². The average Bonchev–Trinajstić information content (AvgIpc) is 2.79. The molecule has 4 nitrogen and oxygen atoms in total. The molecule has 0 atom stereocenters. The van der Waals surface area contributed by atoms with Crippen LogP contribution in [0.25, 0.3) is 0 Å². The third kappa shape index (κ3) is 3.09. The molecule has 0 aliphatic heterocycles. The lowest BCUT2D eigenvalue weighted by atomic mass is 9.97. The first kappa shape index (κ1) is 11.8. The van der Waals surface area contributed by atoms with E-state index in [9.17, 15) is 9.90 Å². The molecule has 0 aliphatic carbocycles. The van der Waals surface area contributed by atoms with E-state index in [1.54, 1.807) is 6.07 Å². The molecule has 2 N–H and O–H groups in total. The molecule has 0 bridgehead atoms. The van der Waals surface area contributed by atoms with E-state index in [0.717, 1.165) is 0 Å². The Balaban J connectivity index is 2.47. The van der Waals surface area contributed by atoms with Gasteiger partial charge in [-0.2, -0.15) is 0 Å². The minimum Gasteiger partial charge on any atom is -0.472 e. The second kappa shape index (κ2) is 4.98. The van der Waals surface area contributed by atoms with Crippen LogP contribution in [0.1, 0.15) is 37.0 Å². The Hall–Kier alpha value is -1.29. The van der Waals surface area contributed by atoms with Crippen molar-refractivity contribution in [1.82, 2.24) is 5.32 Å². The summed E-state index contributed by atoms with van der Waals surface area (Å²) in [5.41, 5.74) is -0.330. The molecule has 1 amide bonds. The van der Waals surface area contributed by atoms with E-state index < -0.39 is 5.60 Å². The summed E-state index contributed by atoms with van der Waals surface area (Å²) in [5, 5.41) is 12.6. The number of carbonyl (C=O) groups is 1. The van der Waals surface area contributed by atoms with Gasteiger partial charge in [0.1, 0.15) is 6.26 Å². The maximum atomic E-state index is 11.5. The molecule has 0 spiro atoms. The number of nitrogens with one attached hydrogen (secondary N) is 1. The van der Waals surface area contributed by atoms with Crippen LogP contribution in [0.2, 0.25) is 0 Å². The molecule has 0 radical (unpaired) electrons. The van der Waals surface area contributed by atoms with Crippen molar-refractivity contribution in [3.63, 3.8) is 0 Å². The highest BCUT2D eigenvalue weighted by Crippen LogP contribution is 2.13. The number of rotatable bonds is 5. The Kier molecular flexibility index (Phi) is 3.91. The van der Waals surface area contributed by atoms with Gasteiger partial charge in [-0.3, -0.25) is 4.79 Å². The summed E-state index contributed by atoms with van der Waals surface area (Å²) in [4.78, 5) is 11.5. The molecule has 0 aliphatic rings. The van der Waals surface area contributed by atoms with E-state index in [4.69, 9.17) is 4.42 Å². The SMILES string of the molecule is CCC(O)(CC)CNC(=O)c1ccoc1. The molecule has 1 heterocycles. The summed E-state index contributed by atoms with van der Waals surface area (Å²) in [6.45, 7) is 4.06. The zero-order valence-corrected chi connectivity index (χ0v) is 9.12. The van der Waals surface area contributed by atoms with Crippen LogP contribution in [0.15, 0.2) is 23.0 Å².